The van der Waals surface area contributed by atoms with Crippen LogP contribution in [0, 0.1) is 0 Å². The number of carbonyl (C=O) groups is 1. The number of methoxy groups -OCH3 is 1. The molecule has 0 unspecified atom stereocenters. The molecule has 0 spiro atoms. The van der Waals surface area contributed by atoms with Crippen LogP contribution in [0.1, 0.15) is 22.8 Å². The van der Waals surface area contributed by atoms with Crippen molar-refractivity contribution in [1.82, 2.24) is 0 Å². The van der Waals surface area contributed by atoms with E-state index in [9.17, 15) is 4.79 Å². The molecule has 1 amide bonds. The van der Waals surface area contributed by atoms with Gasteiger partial charge in [0.15, 0.2) is 0 Å². The van der Waals surface area contributed by atoms with Crippen LogP contribution in [0.25, 0.3) is 0 Å². The molecular weight excluding hydrogens is 402 g/mol. The molecule has 0 N–H and O–H groups in total. The van der Waals surface area contributed by atoms with Gasteiger partial charge in [0.25, 0.3) is 0 Å². The van der Waals surface area contributed by atoms with Crippen molar-refractivity contribution in [3.63, 3.8) is 0 Å². The van der Waals surface area contributed by atoms with Crippen molar-refractivity contribution in [3.05, 3.63) is 90.0 Å². The molecule has 3 aromatic rings. The summed E-state index contributed by atoms with van der Waals surface area (Å²) in [7, 11) is 1.65. The summed E-state index contributed by atoms with van der Waals surface area (Å²) in [5.41, 5.74) is 2.63. The summed E-state index contributed by atoms with van der Waals surface area (Å²) in [5.74, 6) is 0.751. The molecule has 146 valence electrons. The Kier molecular flexibility index (Phi) is 4.56. The zero-order valence-electron chi connectivity index (χ0n) is 15.9. The van der Waals surface area contributed by atoms with Gasteiger partial charge in [-0.2, -0.15) is 0 Å². The Morgan fingerprint density at radius 1 is 1.00 bits per heavy atom. The smallest absolute Gasteiger partial charge is 0.248 e. The molecule has 2 aliphatic heterocycles. The molecule has 1 fully saturated rings. The number of nitrogens with zero attached hydrogens (tertiary/aromatic N) is 1. The number of hydrogen-bond acceptors (Lipinski definition) is 3. The highest BCUT2D eigenvalue weighted by molar-refractivity contribution is 7.99. The average molecular weight is 422 g/mol. The van der Waals surface area contributed by atoms with Crippen molar-refractivity contribution in [2.75, 3.05) is 12.0 Å². The van der Waals surface area contributed by atoms with Crippen LogP contribution in [-0.4, -0.2) is 18.4 Å². The van der Waals surface area contributed by atoms with Gasteiger partial charge in [-0.3, -0.25) is 9.69 Å². The summed E-state index contributed by atoms with van der Waals surface area (Å²) in [6.07, 6.45) is 0.739. The Balaban J connectivity index is 1.70. The van der Waals surface area contributed by atoms with E-state index < -0.39 is 10.9 Å². The first-order chi connectivity index (χ1) is 14.1. The van der Waals surface area contributed by atoms with E-state index in [-0.39, 0.29) is 11.2 Å². The van der Waals surface area contributed by atoms with Crippen LogP contribution in [0.5, 0.6) is 5.75 Å². The molecule has 3 nitrogen and oxygen atoms in total. The third kappa shape index (κ3) is 2.77. The molecule has 3 atom stereocenters. The summed E-state index contributed by atoms with van der Waals surface area (Å²) >= 11 is 8.60. The average Bonchev–Trinajstić information content (AvgIpc) is 2.92. The fraction of sp³-hybridized carbons (Fsp3) is 0.208. The Morgan fingerprint density at radius 3 is 2.41 bits per heavy atom. The van der Waals surface area contributed by atoms with Crippen molar-refractivity contribution in [1.29, 1.82) is 0 Å². The van der Waals surface area contributed by atoms with Crippen molar-refractivity contribution >= 4 is 35.0 Å². The number of anilines is 1. The van der Waals surface area contributed by atoms with Crippen molar-refractivity contribution in [2.24, 2.45) is 0 Å². The number of alkyl halides is 1. The van der Waals surface area contributed by atoms with Crippen LogP contribution < -0.4 is 9.64 Å². The van der Waals surface area contributed by atoms with Crippen molar-refractivity contribution in [3.8, 4) is 5.75 Å². The van der Waals surface area contributed by atoms with Gasteiger partial charge in [-0.1, -0.05) is 54.6 Å². The molecule has 3 aromatic carbocycles. The third-order valence-corrected chi connectivity index (χ3v) is 7.76. The van der Waals surface area contributed by atoms with Gasteiger partial charge in [-0.25, -0.2) is 0 Å². The van der Waals surface area contributed by atoms with Gasteiger partial charge in [0, 0.05) is 10.1 Å². The number of hydrogen-bond donors (Lipinski definition) is 0. The number of fused-ring (bicyclic) bond motifs is 3. The minimum atomic E-state index is -0.603. The summed E-state index contributed by atoms with van der Waals surface area (Å²) in [6, 6.07) is 26.5. The summed E-state index contributed by atoms with van der Waals surface area (Å²) in [4.78, 5) is 16.0. The molecule has 5 heteroatoms. The summed E-state index contributed by atoms with van der Waals surface area (Å²) < 4.78 is 5.34. The van der Waals surface area contributed by atoms with Crippen LogP contribution in [0.3, 0.4) is 0 Å². The molecule has 0 bridgehead atoms. The largest absolute Gasteiger partial charge is 0.497 e. The molecular formula is C24H20ClNO2S. The molecule has 29 heavy (non-hydrogen) atoms. The van der Waals surface area contributed by atoms with Crippen LogP contribution in [-0.2, 0) is 10.3 Å². The second-order valence-electron chi connectivity index (χ2n) is 7.38. The van der Waals surface area contributed by atoms with E-state index in [1.165, 1.54) is 5.56 Å². The van der Waals surface area contributed by atoms with E-state index >= 15 is 0 Å². The number of β-lactam (4-membered cyclic amide) rings is 1. The first-order valence-corrected chi connectivity index (χ1v) is 10.9. The number of amides is 1. The molecule has 0 saturated carbocycles. The minimum absolute atomic E-state index is 0.0377. The quantitative estimate of drug-likeness (QED) is 0.396. The summed E-state index contributed by atoms with van der Waals surface area (Å²) in [5, 5.41) is -0.423. The number of para-hydroxylation sites is 1. The van der Waals surface area contributed by atoms with Gasteiger partial charge in [0.05, 0.1) is 18.3 Å². The van der Waals surface area contributed by atoms with Gasteiger partial charge in [-0.15, -0.1) is 23.4 Å². The van der Waals surface area contributed by atoms with Gasteiger partial charge in [0.2, 0.25) is 5.91 Å². The van der Waals surface area contributed by atoms with Crippen molar-refractivity contribution < 1.29 is 9.53 Å². The Labute approximate surface area is 179 Å². The maximum absolute atomic E-state index is 13.0. The second kappa shape index (κ2) is 7.12. The topological polar surface area (TPSA) is 29.5 Å². The lowest BCUT2D eigenvalue weighted by molar-refractivity contribution is -0.127. The van der Waals surface area contributed by atoms with Crippen LogP contribution in [0.2, 0.25) is 0 Å². The molecule has 2 aliphatic rings. The molecule has 0 aliphatic carbocycles. The highest BCUT2D eigenvalue weighted by atomic mass is 35.5. The van der Waals surface area contributed by atoms with Gasteiger partial charge in [-0.05, 0) is 41.8 Å². The van der Waals surface area contributed by atoms with Gasteiger partial charge in [0.1, 0.15) is 11.1 Å². The lowest BCUT2D eigenvalue weighted by atomic mass is 9.72. The number of halogens is 1. The number of rotatable bonds is 3. The van der Waals surface area contributed by atoms with E-state index in [0.717, 1.165) is 28.3 Å². The van der Waals surface area contributed by atoms with E-state index in [0.29, 0.717) is 0 Å². The normalized spacial score (nSPS) is 25.4. The Bertz CT molecular complexity index is 1060. The third-order valence-electron chi connectivity index (χ3n) is 5.89. The zero-order chi connectivity index (χ0) is 20.0. The maximum atomic E-state index is 13.0. The van der Waals surface area contributed by atoms with E-state index in [4.69, 9.17) is 16.3 Å². The lowest BCUT2D eigenvalue weighted by Gasteiger charge is -2.55. The number of carbonyl (C=O) groups excluding carboxylic acids is 1. The highest BCUT2D eigenvalue weighted by Gasteiger charge is 2.63. The maximum Gasteiger partial charge on any atom is 0.248 e. The monoisotopic (exact) mass is 421 g/mol. The molecule has 5 rings (SSSR count). The van der Waals surface area contributed by atoms with E-state index in [2.05, 4.69) is 30.3 Å². The van der Waals surface area contributed by atoms with Crippen molar-refractivity contribution in [2.45, 2.75) is 27.5 Å². The minimum Gasteiger partial charge on any atom is -0.497 e. The SMILES string of the molecule is COc1ccc([C@]23C[C@H](c4ccccc4)Sc4ccccc4N2C(=O)[C@H]3Cl)cc1. The zero-order valence-corrected chi connectivity index (χ0v) is 17.5. The Morgan fingerprint density at radius 2 is 1.69 bits per heavy atom. The Hall–Kier alpha value is -2.43. The van der Waals surface area contributed by atoms with E-state index in [1.807, 2.05) is 53.4 Å². The molecule has 0 radical (unpaired) electrons. The number of ether oxygens (including phenoxy) is 1. The second-order valence-corrected chi connectivity index (χ2v) is 9.06. The fourth-order valence-electron chi connectivity index (χ4n) is 4.44. The lowest BCUT2D eigenvalue weighted by Crippen LogP contribution is -2.70. The molecule has 2 heterocycles. The van der Waals surface area contributed by atoms with E-state index in [1.54, 1.807) is 18.9 Å². The first-order valence-electron chi connectivity index (χ1n) is 9.58. The number of thioether (sulfide) groups is 1. The first kappa shape index (κ1) is 18.6. The predicted octanol–water partition coefficient (Wildman–Crippen LogP) is 5.78. The molecule has 0 aromatic heterocycles. The van der Waals surface area contributed by atoms with Crippen LogP contribution >= 0.6 is 23.4 Å². The van der Waals surface area contributed by atoms with Crippen LogP contribution in [0.15, 0.2) is 83.8 Å². The highest BCUT2D eigenvalue weighted by Crippen LogP contribution is 2.60. The fourth-order valence-corrected chi connectivity index (χ4v) is 6.22. The van der Waals surface area contributed by atoms with Gasteiger partial charge >= 0.3 is 0 Å². The number of benzene rings is 3. The standard InChI is InChI=1S/C24H20ClNO2S/c1-28-18-13-11-17(12-14-18)24-15-21(16-7-3-2-4-8-16)29-20-10-6-5-9-19(20)26(24)23(27)22(24)25/h2-14,21-22H,15H2,1H3/t21-,22-,24+/m1/s1. The summed E-state index contributed by atoms with van der Waals surface area (Å²) in [6.45, 7) is 0. The van der Waals surface area contributed by atoms with Crippen LogP contribution in [0.4, 0.5) is 5.69 Å². The molecule has 1 saturated heterocycles. The van der Waals surface area contributed by atoms with Gasteiger partial charge < -0.3 is 4.74 Å². The predicted molar refractivity (Wildman–Crippen MR) is 118 cm³/mol.